The number of halogens is 2. The maximum absolute atomic E-state index is 13.8. The molecule has 3 rings (SSSR count). The number of rotatable bonds is 4. The zero-order valence-corrected chi connectivity index (χ0v) is 12.2. The average Bonchev–Trinajstić information content (AvgIpc) is 2.91. The van der Waals surface area contributed by atoms with E-state index >= 15 is 0 Å². The Kier molecular flexibility index (Phi) is 3.90. The van der Waals surface area contributed by atoms with Crippen LogP contribution in [0.5, 0.6) is 0 Å². The Hall–Kier alpha value is -1.91. The van der Waals surface area contributed by atoms with Crippen LogP contribution in [0.2, 0.25) is 5.02 Å². The summed E-state index contributed by atoms with van der Waals surface area (Å²) in [5.74, 6) is 0.268. The fourth-order valence-corrected chi connectivity index (χ4v) is 2.41. The van der Waals surface area contributed by atoms with Gasteiger partial charge in [0.2, 0.25) is 0 Å². The minimum Gasteiger partial charge on any atom is -0.456 e. The summed E-state index contributed by atoms with van der Waals surface area (Å²) in [6.07, 6.45) is 1.59. The lowest BCUT2D eigenvalue weighted by atomic mass is 10.1. The highest BCUT2D eigenvalue weighted by Crippen LogP contribution is 2.29. The third-order valence-corrected chi connectivity index (χ3v) is 3.48. The number of nitrogens with one attached hydrogen (secondary N) is 1. The van der Waals surface area contributed by atoms with E-state index in [2.05, 4.69) is 10.3 Å². The molecule has 0 fully saturated rings. The Labute approximate surface area is 126 Å². The van der Waals surface area contributed by atoms with Gasteiger partial charge in [0.05, 0.1) is 10.7 Å². The van der Waals surface area contributed by atoms with Crippen molar-refractivity contribution in [3.8, 4) is 0 Å². The van der Waals surface area contributed by atoms with Gasteiger partial charge in [-0.25, -0.2) is 4.39 Å². The Bertz CT molecular complexity index is 755. The normalized spacial score (nSPS) is 12.7. The van der Waals surface area contributed by atoms with E-state index in [4.69, 9.17) is 16.0 Å². The molecule has 3 aromatic rings. The predicted octanol–water partition coefficient (Wildman–Crippen LogP) is 4.32. The van der Waals surface area contributed by atoms with E-state index in [1.165, 1.54) is 6.07 Å². The number of furan rings is 1. The van der Waals surface area contributed by atoms with Crippen LogP contribution in [0.25, 0.3) is 11.0 Å². The van der Waals surface area contributed by atoms with E-state index in [0.29, 0.717) is 10.8 Å². The molecule has 0 aliphatic carbocycles. The first-order valence-electron chi connectivity index (χ1n) is 6.72. The van der Waals surface area contributed by atoms with Gasteiger partial charge in [-0.05, 0) is 30.8 Å². The van der Waals surface area contributed by atoms with Gasteiger partial charge in [-0.1, -0.05) is 30.7 Å². The van der Waals surface area contributed by atoms with E-state index in [0.717, 1.165) is 17.6 Å². The van der Waals surface area contributed by atoms with Gasteiger partial charge in [0, 0.05) is 11.6 Å². The van der Waals surface area contributed by atoms with Crippen LogP contribution in [0.4, 0.5) is 4.39 Å². The van der Waals surface area contributed by atoms with Crippen LogP contribution in [0.15, 0.2) is 47.0 Å². The van der Waals surface area contributed by atoms with Crippen molar-refractivity contribution in [3.05, 3.63) is 64.9 Å². The first kappa shape index (κ1) is 14.0. The summed E-state index contributed by atoms with van der Waals surface area (Å²) in [5.41, 5.74) is 1.05. The molecule has 1 unspecified atom stereocenters. The molecule has 0 saturated heterocycles. The lowest BCUT2D eigenvalue weighted by molar-refractivity contribution is 0.460. The molecule has 2 aromatic heterocycles. The Morgan fingerprint density at radius 3 is 2.86 bits per heavy atom. The zero-order valence-electron chi connectivity index (χ0n) is 11.4. The molecule has 1 atom stereocenters. The number of nitrogens with zero attached hydrogens (tertiary/aromatic N) is 1. The van der Waals surface area contributed by atoms with E-state index in [9.17, 15) is 4.39 Å². The molecule has 2 heterocycles. The molecule has 1 aromatic carbocycles. The monoisotopic (exact) mass is 304 g/mol. The van der Waals surface area contributed by atoms with Gasteiger partial charge in [0.15, 0.2) is 11.4 Å². The highest BCUT2D eigenvalue weighted by Gasteiger charge is 2.20. The topological polar surface area (TPSA) is 38.1 Å². The molecular formula is C16H14ClFN2O. The van der Waals surface area contributed by atoms with Gasteiger partial charge in [-0.3, -0.25) is 4.98 Å². The van der Waals surface area contributed by atoms with E-state index in [1.54, 1.807) is 18.3 Å². The molecule has 0 spiro atoms. The third-order valence-electron chi connectivity index (χ3n) is 3.25. The molecule has 1 N–H and O–H groups in total. The lowest BCUT2D eigenvalue weighted by Crippen LogP contribution is -2.22. The average molecular weight is 305 g/mol. The van der Waals surface area contributed by atoms with Crippen LogP contribution < -0.4 is 5.32 Å². The van der Waals surface area contributed by atoms with E-state index in [-0.39, 0.29) is 17.4 Å². The predicted molar refractivity (Wildman–Crippen MR) is 80.9 cm³/mol. The summed E-state index contributed by atoms with van der Waals surface area (Å²) >= 11 is 5.87. The summed E-state index contributed by atoms with van der Waals surface area (Å²) in [4.78, 5) is 4.32. The van der Waals surface area contributed by atoms with Crippen LogP contribution in [0.3, 0.4) is 0 Å². The number of pyridine rings is 1. The van der Waals surface area contributed by atoms with Crippen LogP contribution in [-0.4, -0.2) is 11.5 Å². The third kappa shape index (κ3) is 2.77. The Morgan fingerprint density at radius 1 is 1.33 bits per heavy atom. The standard InChI is InChI=1S/C16H14ClFN2O/c1-2-19-15(13-7-6-11(17)9-20-13)14-8-10-4-3-5-12(18)16(10)21-14/h3-9,15,19H,2H2,1H3. The van der Waals surface area contributed by atoms with Crippen LogP contribution in [0, 0.1) is 5.82 Å². The van der Waals surface area contributed by atoms with Gasteiger partial charge >= 0.3 is 0 Å². The highest BCUT2D eigenvalue weighted by molar-refractivity contribution is 6.30. The lowest BCUT2D eigenvalue weighted by Gasteiger charge is -2.14. The van der Waals surface area contributed by atoms with Crippen LogP contribution in [0.1, 0.15) is 24.4 Å². The Morgan fingerprint density at radius 2 is 2.19 bits per heavy atom. The molecular weight excluding hydrogens is 291 g/mol. The SMILES string of the molecule is CCNC(c1ccc(Cl)cn1)c1cc2cccc(F)c2o1. The largest absolute Gasteiger partial charge is 0.456 e. The maximum atomic E-state index is 13.8. The molecule has 108 valence electrons. The Balaban J connectivity index is 2.06. The van der Waals surface area contributed by atoms with Crippen molar-refractivity contribution in [1.29, 1.82) is 0 Å². The van der Waals surface area contributed by atoms with Crippen molar-refractivity contribution in [1.82, 2.24) is 10.3 Å². The van der Waals surface area contributed by atoms with Crippen molar-refractivity contribution < 1.29 is 8.81 Å². The van der Waals surface area contributed by atoms with Gasteiger partial charge in [0.1, 0.15) is 11.8 Å². The molecule has 0 aliphatic heterocycles. The minimum atomic E-state index is -0.363. The summed E-state index contributed by atoms with van der Waals surface area (Å²) in [7, 11) is 0. The van der Waals surface area contributed by atoms with E-state index in [1.807, 2.05) is 25.1 Å². The molecule has 3 nitrogen and oxygen atoms in total. The molecule has 0 bridgehead atoms. The molecule has 0 aliphatic rings. The number of hydrogen-bond donors (Lipinski definition) is 1. The van der Waals surface area contributed by atoms with Gasteiger partial charge in [0.25, 0.3) is 0 Å². The van der Waals surface area contributed by atoms with Crippen molar-refractivity contribution in [2.24, 2.45) is 0 Å². The molecule has 0 amide bonds. The number of para-hydroxylation sites is 1. The fraction of sp³-hybridized carbons (Fsp3) is 0.188. The summed E-state index contributed by atoms with van der Waals surface area (Å²) in [5, 5.41) is 4.60. The van der Waals surface area contributed by atoms with Crippen molar-refractivity contribution >= 4 is 22.6 Å². The van der Waals surface area contributed by atoms with Crippen molar-refractivity contribution in [2.45, 2.75) is 13.0 Å². The maximum Gasteiger partial charge on any atom is 0.169 e. The van der Waals surface area contributed by atoms with Gasteiger partial charge < -0.3 is 9.73 Å². The molecule has 0 radical (unpaired) electrons. The summed E-state index contributed by atoms with van der Waals surface area (Å²) in [6, 6.07) is 10.1. The number of benzene rings is 1. The number of fused-ring (bicyclic) bond motifs is 1. The van der Waals surface area contributed by atoms with Crippen molar-refractivity contribution in [2.75, 3.05) is 6.54 Å². The van der Waals surface area contributed by atoms with E-state index < -0.39 is 0 Å². The fourth-order valence-electron chi connectivity index (χ4n) is 2.30. The molecule has 0 saturated carbocycles. The van der Waals surface area contributed by atoms with Gasteiger partial charge in [-0.2, -0.15) is 0 Å². The quantitative estimate of drug-likeness (QED) is 0.780. The van der Waals surface area contributed by atoms with Crippen LogP contribution in [-0.2, 0) is 0 Å². The second kappa shape index (κ2) is 5.84. The smallest absolute Gasteiger partial charge is 0.169 e. The second-order valence-electron chi connectivity index (χ2n) is 4.70. The molecule has 21 heavy (non-hydrogen) atoms. The molecule has 5 heteroatoms. The van der Waals surface area contributed by atoms with Gasteiger partial charge in [-0.15, -0.1) is 0 Å². The zero-order chi connectivity index (χ0) is 14.8. The highest BCUT2D eigenvalue weighted by atomic mass is 35.5. The minimum absolute atomic E-state index is 0.237. The van der Waals surface area contributed by atoms with Crippen LogP contribution >= 0.6 is 11.6 Å². The second-order valence-corrected chi connectivity index (χ2v) is 5.14. The number of hydrogen-bond acceptors (Lipinski definition) is 3. The summed E-state index contributed by atoms with van der Waals surface area (Å²) in [6.45, 7) is 2.72. The number of aromatic nitrogens is 1. The first-order chi connectivity index (χ1) is 10.2. The van der Waals surface area contributed by atoms with Crippen molar-refractivity contribution in [3.63, 3.8) is 0 Å². The summed E-state index contributed by atoms with van der Waals surface area (Å²) < 4.78 is 19.4. The first-order valence-corrected chi connectivity index (χ1v) is 7.09.